The molecule has 0 N–H and O–H groups in total. The summed E-state index contributed by atoms with van der Waals surface area (Å²) >= 11 is 0. The second kappa shape index (κ2) is 7.14. The first kappa shape index (κ1) is 17.1. The molecule has 0 aliphatic carbocycles. The van der Waals surface area contributed by atoms with Gasteiger partial charge in [0, 0.05) is 24.8 Å². The van der Waals surface area contributed by atoms with Crippen molar-refractivity contribution in [3.05, 3.63) is 48.3 Å². The third-order valence-corrected chi connectivity index (χ3v) is 4.72. The lowest BCUT2D eigenvalue weighted by Crippen LogP contribution is -2.33. The third-order valence-electron chi connectivity index (χ3n) is 4.72. The van der Waals surface area contributed by atoms with Crippen LogP contribution in [-0.4, -0.2) is 55.5 Å². The molecule has 1 unspecified atom stereocenters. The summed E-state index contributed by atoms with van der Waals surface area (Å²) < 4.78 is 6.67. The highest BCUT2D eigenvalue weighted by Gasteiger charge is 2.29. The van der Waals surface area contributed by atoms with Gasteiger partial charge in [-0.3, -0.25) is 9.78 Å². The maximum atomic E-state index is 13.0. The van der Waals surface area contributed by atoms with Gasteiger partial charge in [-0.05, 0) is 44.0 Å². The fraction of sp³-hybridized carbons (Fsp3) is 0.316. The van der Waals surface area contributed by atoms with Crippen LogP contribution in [0.5, 0.6) is 5.88 Å². The topological polar surface area (TPSA) is 86.0 Å². The van der Waals surface area contributed by atoms with E-state index in [4.69, 9.17) is 4.74 Å². The summed E-state index contributed by atoms with van der Waals surface area (Å²) in [5, 5.41) is 12.7. The Labute approximate surface area is 156 Å². The maximum absolute atomic E-state index is 13.0. The van der Waals surface area contributed by atoms with Crippen molar-refractivity contribution < 1.29 is 9.53 Å². The lowest BCUT2D eigenvalue weighted by Gasteiger charge is -2.19. The summed E-state index contributed by atoms with van der Waals surface area (Å²) in [6.45, 7) is 2.82. The van der Waals surface area contributed by atoms with Crippen LogP contribution in [0.25, 0.3) is 17.2 Å². The molecule has 0 aromatic carbocycles. The van der Waals surface area contributed by atoms with E-state index < -0.39 is 0 Å². The molecule has 1 saturated heterocycles. The molecule has 138 valence electrons. The maximum Gasteiger partial charge on any atom is 0.274 e. The Morgan fingerprint density at radius 3 is 2.74 bits per heavy atom. The number of hydrogen-bond acceptors (Lipinski definition) is 6. The Morgan fingerprint density at radius 2 is 2.11 bits per heavy atom. The Morgan fingerprint density at radius 1 is 1.22 bits per heavy atom. The Bertz CT molecular complexity index is 939. The molecular weight excluding hydrogens is 344 g/mol. The largest absolute Gasteiger partial charge is 0.480 e. The third kappa shape index (κ3) is 3.25. The van der Waals surface area contributed by atoms with Gasteiger partial charge in [-0.1, -0.05) is 6.07 Å². The molecule has 1 amide bonds. The Hall–Kier alpha value is -3.29. The van der Waals surface area contributed by atoms with Crippen LogP contribution in [0.2, 0.25) is 0 Å². The van der Waals surface area contributed by atoms with Gasteiger partial charge in [0.1, 0.15) is 0 Å². The van der Waals surface area contributed by atoms with Crippen LogP contribution in [0, 0.1) is 0 Å². The molecule has 3 aromatic heterocycles. The smallest absolute Gasteiger partial charge is 0.274 e. The van der Waals surface area contributed by atoms with Crippen LogP contribution < -0.4 is 4.74 Å². The Balaban J connectivity index is 1.78. The molecule has 0 saturated carbocycles. The molecule has 8 nitrogen and oxygen atoms in total. The van der Waals surface area contributed by atoms with E-state index in [1.165, 1.54) is 7.11 Å². The van der Waals surface area contributed by atoms with Crippen LogP contribution in [0.1, 0.15) is 30.3 Å². The summed E-state index contributed by atoms with van der Waals surface area (Å²) in [6, 6.07) is 11.0. The van der Waals surface area contributed by atoms with Gasteiger partial charge in [0.05, 0.1) is 18.5 Å². The first-order valence-electron chi connectivity index (χ1n) is 8.88. The lowest BCUT2D eigenvalue weighted by molar-refractivity contribution is 0.0741. The monoisotopic (exact) mass is 364 g/mol. The number of pyridine rings is 1. The highest BCUT2D eigenvalue weighted by Crippen LogP contribution is 2.25. The van der Waals surface area contributed by atoms with Crippen LogP contribution in [0.4, 0.5) is 0 Å². The van der Waals surface area contributed by atoms with E-state index in [2.05, 4.69) is 27.2 Å². The number of carbonyl (C=O) groups is 1. The number of methoxy groups -OCH3 is 1. The zero-order valence-electron chi connectivity index (χ0n) is 15.2. The quantitative estimate of drug-likeness (QED) is 0.706. The molecule has 0 spiro atoms. The number of carbonyl (C=O) groups excluding carboxylic acids is 1. The van der Waals surface area contributed by atoms with E-state index >= 15 is 0 Å². The minimum absolute atomic E-state index is 0.0719. The van der Waals surface area contributed by atoms with Crippen LogP contribution in [0.3, 0.4) is 0 Å². The second-order valence-corrected chi connectivity index (χ2v) is 6.47. The number of nitrogens with zero attached hydrogens (tertiary/aromatic N) is 6. The predicted molar refractivity (Wildman–Crippen MR) is 98.7 cm³/mol. The SMILES string of the molecule is COc1ccc(-n2nc(C(=O)N3CCCC3C)cc2-c2ccccn2)nn1. The zero-order chi connectivity index (χ0) is 18.8. The van der Waals surface area contributed by atoms with E-state index in [1.807, 2.05) is 23.1 Å². The van der Waals surface area contributed by atoms with Crippen molar-refractivity contribution >= 4 is 5.91 Å². The molecule has 1 fully saturated rings. The Kier molecular flexibility index (Phi) is 4.53. The molecular formula is C19H20N6O2. The second-order valence-electron chi connectivity index (χ2n) is 6.47. The van der Waals surface area contributed by atoms with Gasteiger partial charge >= 0.3 is 0 Å². The molecule has 4 heterocycles. The molecule has 3 aromatic rings. The van der Waals surface area contributed by atoms with Gasteiger partial charge in [0.25, 0.3) is 5.91 Å². The minimum atomic E-state index is -0.0719. The predicted octanol–water partition coefficient (Wildman–Crippen LogP) is 2.36. The average Bonchev–Trinajstić information content (AvgIpc) is 3.35. The molecule has 1 aliphatic rings. The minimum Gasteiger partial charge on any atom is -0.480 e. The van der Waals surface area contributed by atoms with Crippen molar-refractivity contribution in [1.82, 2.24) is 29.9 Å². The number of amides is 1. The van der Waals surface area contributed by atoms with Gasteiger partial charge in [0.15, 0.2) is 11.5 Å². The van der Waals surface area contributed by atoms with E-state index in [0.29, 0.717) is 28.8 Å². The number of aromatic nitrogens is 5. The van der Waals surface area contributed by atoms with Crippen LogP contribution in [-0.2, 0) is 0 Å². The van der Waals surface area contributed by atoms with E-state index in [0.717, 1.165) is 19.4 Å². The first-order chi connectivity index (χ1) is 13.2. The first-order valence-corrected chi connectivity index (χ1v) is 8.88. The van der Waals surface area contributed by atoms with Crippen molar-refractivity contribution in [1.29, 1.82) is 0 Å². The van der Waals surface area contributed by atoms with Gasteiger partial charge in [-0.25, -0.2) is 4.68 Å². The summed E-state index contributed by atoms with van der Waals surface area (Å²) in [7, 11) is 1.53. The fourth-order valence-electron chi connectivity index (χ4n) is 3.27. The molecule has 4 rings (SSSR count). The lowest BCUT2D eigenvalue weighted by atomic mass is 10.2. The highest BCUT2D eigenvalue weighted by molar-refractivity contribution is 5.94. The number of ether oxygens (including phenoxy) is 1. The molecule has 0 radical (unpaired) electrons. The van der Waals surface area contributed by atoms with Gasteiger partial charge < -0.3 is 9.64 Å². The normalized spacial score (nSPS) is 16.5. The van der Waals surface area contributed by atoms with Gasteiger partial charge in [-0.2, -0.15) is 5.10 Å². The summed E-state index contributed by atoms with van der Waals surface area (Å²) in [5.74, 6) is 0.829. The standard InChI is InChI=1S/C19H20N6O2/c1-13-6-5-11-24(13)19(26)15-12-16(14-7-3-4-10-20-14)25(23-15)17-8-9-18(27-2)22-21-17/h3-4,7-10,12-13H,5-6,11H2,1-2H3. The van der Waals surface area contributed by atoms with Gasteiger partial charge in [0.2, 0.25) is 5.88 Å². The molecule has 1 aliphatic heterocycles. The summed E-state index contributed by atoms with van der Waals surface area (Å²) in [5.41, 5.74) is 1.77. The van der Waals surface area contributed by atoms with Crippen molar-refractivity contribution in [2.24, 2.45) is 0 Å². The van der Waals surface area contributed by atoms with Crippen molar-refractivity contribution in [3.63, 3.8) is 0 Å². The zero-order valence-corrected chi connectivity index (χ0v) is 15.2. The number of likely N-dealkylation sites (tertiary alicyclic amines) is 1. The summed E-state index contributed by atoms with van der Waals surface area (Å²) in [6.07, 6.45) is 3.74. The highest BCUT2D eigenvalue weighted by atomic mass is 16.5. The van der Waals surface area contributed by atoms with Crippen LogP contribution >= 0.6 is 0 Å². The molecule has 1 atom stereocenters. The van der Waals surface area contributed by atoms with Gasteiger partial charge in [-0.15, -0.1) is 10.2 Å². The van der Waals surface area contributed by atoms with Crippen LogP contribution in [0.15, 0.2) is 42.6 Å². The van der Waals surface area contributed by atoms with Crippen molar-refractivity contribution in [2.75, 3.05) is 13.7 Å². The number of hydrogen-bond donors (Lipinski definition) is 0. The van der Waals surface area contributed by atoms with E-state index in [-0.39, 0.29) is 11.9 Å². The number of rotatable bonds is 4. The van der Waals surface area contributed by atoms with Crippen molar-refractivity contribution in [2.45, 2.75) is 25.8 Å². The molecule has 8 heteroatoms. The summed E-state index contributed by atoms with van der Waals surface area (Å²) in [4.78, 5) is 19.2. The molecule has 27 heavy (non-hydrogen) atoms. The fourth-order valence-corrected chi connectivity index (χ4v) is 3.27. The van der Waals surface area contributed by atoms with E-state index in [1.54, 1.807) is 29.1 Å². The average molecular weight is 364 g/mol. The van der Waals surface area contributed by atoms with E-state index in [9.17, 15) is 4.79 Å². The van der Waals surface area contributed by atoms with Crippen molar-refractivity contribution in [3.8, 4) is 23.1 Å². The molecule has 0 bridgehead atoms.